The lowest BCUT2D eigenvalue weighted by molar-refractivity contribution is 0.102. The number of carbonyl (C=O) groups is 1. The highest BCUT2D eigenvalue weighted by Gasteiger charge is 2.09. The SMILES string of the molecule is Cn1ccc(NC(=O)c2ccc(NS(=O)(=O)/C=C/c3ccccc3)cc2)n1. The molecule has 0 unspecified atom stereocenters. The van der Waals surface area contributed by atoms with E-state index >= 15 is 0 Å². The molecule has 27 heavy (non-hydrogen) atoms. The van der Waals surface area contributed by atoms with Gasteiger partial charge < -0.3 is 5.32 Å². The van der Waals surface area contributed by atoms with Gasteiger partial charge in [0.05, 0.1) is 5.41 Å². The second-order valence-corrected chi connectivity index (χ2v) is 7.33. The van der Waals surface area contributed by atoms with Crippen LogP contribution in [0.2, 0.25) is 0 Å². The van der Waals surface area contributed by atoms with Crippen molar-refractivity contribution >= 4 is 33.5 Å². The van der Waals surface area contributed by atoms with Crippen LogP contribution in [-0.4, -0.2) is 24.1 Å². The summed E-state index contributed by atoms with van der Waals surface area (Å²) in [5, 5.41) is 7.84. The number of nitrogens with zero attached hydrogens (tertiary/aromatic N) is 2. The number of hydrogen-bond acceptors (Lipinski definition) is 4. The first-order chi connectivity index (χ1) is 12.9. The molecule has 2 N–H and O–H groups in total. The maximum absolute atomic E-state index is 12.2. The standard InChI is InChI=1S/C19H18N4O3S/c1-23-13-11-18(21-23)20-19(24)16-7-9-17(10-8-16)22-27(25,26)14-12-15-5-3-2-4-6-15/h2-14,22H,1H3,(H,20,21,24)/b14-12+. The van der Waals surface area contributed by atoms with Crippen molar-refractivity contribution in [2.24, 2.45) is 7.05 Å². The zero-order valence-electron chi connectivity index (χ0n) is 14.5. The van der Waals surface area contributed by atoms with Crippen molar-refractivity contribution in [1.29, 1.82) is 0 Å². The fourth-order valence-electron chi connectivity index (χ4n) is 2.29. The molecule has 1 aromatic heterocycles. The second-order valence-electron chi connectivity index (χ2n) is 5.77. The van der Waals surface area contributed by atoms with Gasteiger partial charge in [-0.05, 0) is 35.9 Å². The van der Waals surface area contributed by atoms with Crippen molar-refractivity contribution < 1.29 is 13.2 Å². The van der Waals surface area contributed by atoms with Gasteiger partial charge in [-0.25, -0.2) is 8.42 Å². The van der Waals surface area contributed by atoms with Crippen molar-refractivity contribution in [3.8, 4) is 0 Å². The molecule has 2 aromatic carbocycles. The van der Waals surface area contributed by atoms with Gasteiger partial charge in [0.1, 0.15) is 0 Å². The molecular formula is C19H18N4O3S. The van der Waals surface area contributed by atoms with Crippen LogP contribution in [0.25, 0.3) is 6.08 Å². The molecule has 8 heteroatoms. The van der Waals surface area contributed by atoms with Gasteiger partial charge in [0.2, 0.25) is 0 Å². The molecular weight excluding hydrogens is 364 g/mol. The van der Waals surface area contributed by atoms with Crippen molar-refractivity contribution in [3.63, 3.8) is 0 Å². The third-order valence-corrected chi connectivity index (χ3v) is 4.62. The Morgan fingerprint density at radius 2 is 1.74 bits per heavy atom. The Balaban J connectivity index is 1.64. The van der Waals surface area contributed by atoms with Gasteiger partial charge in [0.25, 0.3) is 15.9 Å². The van der Waals surface area contributed by atoms with E-state index < -0.39 is 10.0 Å². The fourth-order valence-corrected chi connectivity index (χ4v) is 3.16. The Kier molecular flexibility index (Phi) is 5.37. The fraction of sp³-hybridized carbons (Fsp3) is 0.0526. The normalized spacial score (nSPS) is 11.4. The van der Waals surface area contributed by atoms with Crippen LogP contribution in [0.5, 0.6) is 0 Å². The van der Waals surface area contributed by atoms with Crippen LogP contribution in [0.15, 0.2) is 72.3 Å². The van der Waals surface area contributed by atoms with E-state index in [4.69, 9.17) is 0 Å². The number of aryl methyl sites for hydroxylation is 1. The lowest BCUT2D eigenvalue weighted by atomic mass is 10.2. The number of hydrogen-bond donors (Lipinski definition) is 2. The number of rotatable bonds is 6. The van der Waals surface area contributed by atoms with E-state index in [1.165, 1.54) is 30.3 Å². The van der Waals surface area contributed by atoms with Crippen molar-refractivity contribution in [1.82, 2.24) is 9.78 Å². The van der Waals surface area contributed by atoms with E-state index in [1.54, 1.807) is 36.1 Å². The molecule has 3 rings (SSSR count). The summed E-state index contributed by atoms with van der Waals surface area (Å²) in [4.78, 5) is 12.2. The minimum atomic E-state index is -3.66. The number of amides is 1. The lowest BCUT2D eigenvalue weighted by Crippen LogP contribution is -2.13. The summed E-state index contributed by atoms with van der Waals surface area (Å²) >= 11 is 0. The van der Waals surface area contributed by atoms with Crippen LogP contribution in [0.1, 0.15) is 15.9 Å². The predicted molar refractivity (Wildman–Crippen MR) is 106 cm³/mol. The maximum atomic E-state index is 12.2. The molecule has 0 bridgehead atoms. The largest absolute Gasteiger partial charge is 0.305 e. The van der Waals surface area contributed by atoms with Crippen LogP contribution in [0, 0.1) is 0 Å². The average Bonchev–Trinajstić information content (AvgIpc) is 3.06. The second kappa shape index (κ2) is 7.88. The average molecular weight is 382 g/mol. The summed E-state index contributed by atoms with van der Waals surface area (Å²) in [6.07, 6.45) is 3.23. The molecule has 7 nitrogen and oxygen atoms in total. The van der Waals surface area contributed by atoms with Gasteiger partial charge >= 0.3 is 0 Å². The summed E-state index contributed by atoms with van der Waals surface area (Å²) in [6, 6.07) is 16.9. The number of sulfonamides is 1. The summed E-state index contributed by atoms with van der Waals surface area (Å²) in [7, 11) is -1.90. The minimum Gasteiger partial charge on any atom is -0.305 e. The van der Waals surface area contributed by atoms with E-state index in [0.717, 1.165) is 11.0 Å². The van der Waals surface area contributed by atoms with Gasteiger partial charge in [-0.3, -0.25) is 14.2 Å². The molecule has 0 saturated heterocycles. The van der Waals surface area contributed by atoms with Gasteiger partial charge in [0, 0.05) is 30.6 Å². The molecule has 138 valence electrons. The molecule has 0 aliphatic rings. The van der Waals surface area contributed by atoms with Crippen LogP contribution in [0.4, 0.5) is 11.5 Å². The van der Waals surface area contributed by atoms with E-state index in [9.17, 15) is 13.2 Å². The zero-order chi connectivity index (χ0) is 19.3. The molecule has 0 saturated carbocycles. The molecule has 0 atom stereocenters. The molecule has 0 aliphatic heterocycles. The van der Waals surface area contributed by atoms with Crippen molar-refractivity contribution in [2.75, 3.05) is 10.0 Å². The minimum absolute atomic E-state index is 0.327. The first-order valence-corrected chi connectivity index (χ1v) is 9.63. The first kappa shape index (κ1) is 18.4. The van der Waals surface area contributed by atoms with Crippen LogP contribution >= 0.6 is 0 Å². The highest BCUT2D eigenvalue weighted by Crippen LogP contribution is 2.14. The van der Waals surface area contributed by atoms with E-state index in [2.05, 4.69) is 15.1 Å². The Morgan fingerprint density at radius 3 is 2.37 bits per heavy atom. The van der Waals surface area contributed by atoms with E-state index in [1.807, 2.05) is 18.2 Å². The molecule has 0 radical (unpaired) electrons. The number of anilines is 2. The predicted octanol–water partition coefficient (Wildman–Crippen LogP) is 3.09. The van der Waals surface area contributed by atoms with Gasteiger partial charge in [-0.1, -0.05) is 30.3 Å². The van der Waals surface area contributed by atoms with Crippen LogP contribution < -0.4 is 10.0 Å². The van der Waals surface area contributed by atoms with Crippen LogP contribution in [-0.2, 0) is 17.1 Å². The van der Waals surface area contributed by atoms with E-state index in [-0.39, 0.29) is 5.91 Å². The molecule has 0 aliphatic carbocycles. The topological polar surface area (TPSA) is 93.1 Å². The summed E-state index contributed by atoms with van der Waals surface area (Å²) in [5.41, 5.74) is 1.54. The van der Waals surface area contributed by atoms with Crippen molar-refractivity contribution in [3.05, 3.63) is 83.4 Å². The monoisotopic (exact) mass is 382 g/mol. The quantitative estimate of drug-likeness (QED) is 0.685. The smallest absolute Gasteiger partial charge is 0.256 e. The maximum Gasteiger partial charge on any atom is 0.256 e. The number of carbonyl (C=O) groups excluding carboxylic acids is 1. The van der Waals surface area contributed by atoms with Gasteiger partial charge in [0.15, 0.2) is 5.82 Å². The Bertz CT molecular complexity index is 1060. The Labute approximate surface area is 157 Å². The highest BCUT2D eigenvalue weighted by atomic mass is 32.2. The molecule has 1 amide bonds. The number of aromatic nitrogens is 2. The number of benzene rings is 2. The van der Waals surface area contributed by atoms with E-state index in [0.29, 0.717) is 17.1 Å². The summed E-state index contributed by atoms with van der Waals surface area (Å²) < 4.78 is 28.3. The molecule has 0 fully saturated rings. The summed E-state index contributed by atoms with van der Waals surface area (Å²) in [5.74, 6) is 0.116. The Morgan fingerprint density at radius 1 is 1.04 bits per heavy atom. The highest BCUT2D eigenvalue weighted by molar-refractivity contribution is 7.95. The Hall–Kier alpha value is -3.39. The third-order valence-electron chi connectivity index (χ3n) is 3.60. The van der Waals surface area contributed by atoms with Gasteiger partial charge in [-0.2, -0.15) is 5.10 Å². The first-order valence-electron chi connectivity index (χ1n) is 8.08. The van der Waals surface area contributed by atoms with Crippen LogP contribution in [0.3, 0.4) is 0 Å². The lowest BCUT2D eigenvalue weighted by Gasteiger charge is -2.06. The number of nitrogens with one attached hydrogen (secondary N) is 2. The molecule has 0 spiro atoms. The molecule has 1 heterocycles. The van der Waals surface area contributed by atoms with Crippen molar-refractivity contribution in [2.45, 2.75) is 0 Å². The van der Waals surface area contributed by atoms with Gasteiger partial charge in [-0.15, -0.1) is 0 Å². The summed E-state index contributed by atoms with van der Waals surface area (Å²) in [6.45, 7) is 0. The third kappa shape index (κ3) is 5.29. The molecule has 3 aromatic rings. The zero-order valence-corrected chi connectivity index (χ0v) is 15.3.